The fourth-order valence-corrected chi connectivity index (χ4v) is 3.09. The summed E-state index contributed by atoms with van der Waals surface area (Å²) in [5, 5.41) is 25.5. The van der Waals surface area contributed by atoms with Crippen molar-refractivity contribution in [3.05, 3.63) is 35.9 Å². The SMILES string of the molecule is CC(C)C[C@H](NC(=O)[C@H](Cc1ccccc1)NC(=O)CN)C(=O)N[C@@H](CCC(=O)O)C(=O)O. The maximum absolute atomic E-state index is 13.0. The zero-order valence-corrected chi connectivity index (χ0v) is 18.7. The van der Waals surface area contributed by atoms with E-state index in [4.69, 9.17) is 10.8 Å². The second kappa shape index (κ2) is 13.8. The van der Waals surface area contributed by atoms with Crippen molar-refractivity contribution in [3.8, 4) is 0 Å². The smallest absolute Gasteiger partial charge is 0.326 e. The van der Waals surface area contributed by atoms with Crippen molar-refractivity contribution in [2.24, 2.45) is 11.7 Å². The third-order valence-corrected chi connectivity index (χ3v) is 4.72. The van der Waals surface area contributed by atoms with Crippen LogP contribution in [0, 0.1) is 5.92 Å². The van der Waals surface area contributed by atoms with Gasteiger partial charge in [0.2, 0.25) is 17.7 Å². The predicted octanol–water partition coefficient (Wildman–Crippen LogP) is -0.362. The van der Waals surface area contributed by atoms with Crippen LogP contribution in [-0.2, 0) is 30.4 Å². The number of carbonyl (C=O) groups is 5. The molecule has 3 amide bonds. The fourth-order valence-electron chi connectivity index (χ4n) is 3.09. The Bertz CT molecular complexity index is 829. The van der Waals surface area contributed by atoms with Gasteiger partial charge in [0.1, 0.15) is 18.1 Å². The minimum Gasteiger partial charge on any atom is -0.481 e. The maximum Gasteiger partial charge on any atom is 0.326 e. The molecule has 0 bridgehead atoms. The zero-order chi connectivity index (χ0) is 25.0. The lowest BCUT2D eigenvalue weighted by Crippen LogP contribution is -2.57. The molecule has 33 heavy (non-hydrogen) atoms. The molecule has 0 aliphatic rings. The Kier molecular flexibility index (Phi) is 11.6. The van der Waals surface area contributed by atoms with Crippen LogP contribution < -0.4 is 21.7 Å². The first-order chi connectivity index (χ1) is 15.5. The van der Waals surface area contributed by atoms with Gasteiger partial charge in [-0.15, -0.1) is 0 Å². The summed E-state index contributed by atoms with van der Waals surface area (Å²) in [7, 11) is 0. The molecule has 0 aliphatic heterocycles. The highest BCUT2D eigenvalue weighted by Crippen LogP contribution is 2.09. The Morgan fingerprint density at radius 3 is 1.97 bits per heavy atom. The van der Waals surface area contributed by atoms with Crippen molar-refractivity contribution in [2.45, 2.75) is 57.7 Å². The average molecular weight is 465 g/mol. The monoisotopic (exact) mass is 464 g/mol. The topological polar surface area (TPSA) is 188 Å². The number of benzene rings is 1. The molecule has 7 N–H and O–H groups in total. The van der Waals surface area contributed by atoms with E-state index in [-0.39, 0.29) is 31.7 Å². The van der Waals surface area contributed by atoms with Crippen molar-refractivity contribution < 1.29 is 34.2 Å². The van der Waals surface area contributed by atoms with Gasteiger partial charge in [0.25, 0.3) is 0 Å². The molecular weight excluding hydrogens is 432 g/mol. The Balaban J connectivity index is 3.00. The highest BCUT2D eigenvalue weighted by atomic mass is 16.4. The first-order valence-electron chi connectivity index (χ1n) is 10.6. The van der Waals surface area contributed by atoms with Gasteiger partial charge in [0.05, 0.1) is 6.54 Å². The van der Waals surface area contributed by atoms with Crippen LogP contribution in [0.4, 0.5) is 0 Å². The Morgan fingerprint density at radius 2 is 1.45 bits per heavy atom. The largest absolute Gasteiger partial charge is 0.481 e. The molecule has 11 heteroatoms. The fraction of sp³-hybridized carbons (Fsp3) is 0.500. The summed E-state index contributed by atoms with van der Waals surface area (Å²) in [6.07, 6.45) is -0.388. The van der Waals surface area contributed by atoms with Crippen LogP contribution in [0.3, 0.4) is 0 Å². The second-order valence-electron chi connectivity index (χ2n) is 8.04. The molecular formula is C22H32N4O7. The Hall–Kier alpha value is -3.47. The number of carbonyl (C=O) groups excluding carboxylic acids is 3. The molecule has 0 heterocycles. The van der Waals surface area contributed by atoms with Gasteiger partial charge in [-0.25, -0.2) is 4.79 Å². The Morgan fingerprint density at radius 1 is 0.879 bits per heavy atom. The maximum atomic E-state index is 13.0. The van der Waals surface area contributed by atoms with Gasteiger partial charge in [-0.3, -0.25) is 19.2 Å². The average Bonchev–Trinajstić information content (AvgIpc) is 2.75. The van der Waals surface area contributed by atoms with Gasteiger partial charge < -0.3 is 31.9 Å². The molecule has 0 saturated heterocycles. The van der Waals surface area contributed by atoms with Gasteiger partial charge in [-0.2, -0.15) is 0 Å². The summed E-state index contributed by atoms with van der Waals surface area (Å²) in [6, 6.07) is 5.44. The van der Waals surface area contributed by atoms with E-state index in [0.29, 0.717) is 0 Å². The van der Waals surface area contributed by atoms with E-state index in [1.165, 1.54) is 0 Å². The number of carboxylic acids is 2. The van der Waals surface area contributed by atoms with Crippen molar-refractivity contribution >= 4 is 29.7 Å². The molecule has 0 aromatic heterocycles. The quantitative estimate of drug-likeness (QED) is 0.215. The second-order valence-corrected chi connectivity index (χ2v) is 8.04. The standard InChI is InChI=1S/C22H32N4O7/c1-13(2)10-16(20(30)25-15(22(32)33)8-9-19(28)29)26-21(31)17(24-18(27)12-23)11-14-6-4-3-5-7-14/h3-7,13,15-17H,8-12,23H2,1-2H3,(H,24,27)(H,25,30)(H,26,31)(H,28,29)(H,32,33)/t15-,16-,17-/m0/s1. The van der Waals surface area contributed by atoms with Crippen molar-refractivity contribution in [1.29, 1.82) is 0 Å². The first kappa shape index (κ1) is 27.6. The van der Waals surface area contributed by atoms with E-state index in [0.717, 1.165) is 5.56 Å². The van der Waals surface area contributed by atoms with E-state index >= 15 is 0 Å². The third-order valence-electron chi connectivity index (χ3n) is 4.72. The van der Waals surface area contributed by atoms with Crippen molar-refractivity contribution in [2.75, 3.05) is 6.54 Å². The lowest BCUT2D eigenvalue weighted by atomic mass is 10.0. The van der Waals surface area contributed by atoms with Crippen LogP contribution >= 0.6 is 0 Å². The molecule has 0 fully saturated rings. The lowest BCUT2D eigenvalue weighted by Gasteiger charge is -2.25. The highest BCUT2D eigenvalue weighted by Gasteiger charge is 2.30. The normalized spacial score (nSPS) is 13.5. The molecule has 1 rings (SSSR count). The van der Waals surface area contributed by atoms with E-state index in [1.54, 1.807) is 24.3 Å². The first-order valence-corrected chi connectivity index (χ1v) is 10.6. The number of amides is 3. The number of hydrogen-bond donors (Lipinski definition) is 6. The summed E-state index contributed by atoms with van der Waals surface area (Å²) in [4.78, 5) is 59.8. The zero-order valence-electron chi connectivity index (χ0n) is 18.7. The predicted molar refractivity (Wildman–Crippen MR) is 119 cm³/mol. The van der Waals surface area contributed by atoms with Gasteiger partial charge in [-0.05, 0) is 24.3 Å². The summed E-state index contributed by atoms with van der Waals surface area (Å²) >= 11 is 0. The van der Waals surface area contributed by atoms with E-state index in [9.17, 15) is 29.1 Å². The van der Waals surface area contributed by atoms with Crippen molar-refractivity contribution in [1.82, 2.24) is 16.0 Å². The van der Waals surface area contributed by atoms with E-state index < -0.39 is 54.2 Å². The molecule has 1 aromatic carbocycles. The Labute approximate surface area is 192 Å². The summed E-state index contributed by atoms with van der Waals surface area (Å²) < 4.78 is 0. The van der Waals surface area contributed by atoms with Gasteiger partial charge in [-0.1, -0.05) is 44.2 Å². The number of carboxylic acid groups (broad SMARTS) is 2. The van der Waals surface area contributed by atoms with E-state index in [1.807, 2.05) is 19.9 Å². The van der Waals surface area contributed by atoms with Crippen molar-refractivity contribution in [3.63, 3.8) is 0 Å². The van der Waals surface area contributed by atoms with Gasteiger partial charge in [0.15, 0.2) is 0 Å². The molecule has 182 valence electrons. The minimum atomic E-state index is -1.42. The van der Waals surface area contributed by atoms with Crippen LogP contribution in [0.5, 0.6) is 0 Å². The number of rotatable bonds is 14. The number of nitrogens with one attached hydrogen (secondary N) is 3. The molecule has 0 radical (unpaired) electrons. The number of aliphatic carboxylic acids is 2. The third kappa shape index (κ3) is 10.6. The molecule has 1 aromatic rings. The van der Waals surface area contributed by atoms with Crippen LogP contribution in [0.2, 0.25) is 0 Å². The van der Waals surface area contributed by atoms with Gasteiger partial charge in [0, 0.05) is 12.8 Å². The molecule has 0 spiro atoms. The summed E-state index contributed by atoms with van der Waals surface area (Å²) in [5.41, 5.74) is 6.13. The van der Waals surface area contributed by atoms with Crippen LogP contribution in [0.1, 0.15) is 38.7 Å². The molecule has 0 aliphatic carbocycles. The molecule has 3 atom stereocenters. The minimum absolute atomic E-state index is 0.0328. The lowest BCUT2D eigenvalue weighted by molar-refractivity contribution is -0.143. The van der Waals surface area contributed by atoms with Crippen LogP contribution in [0.15, 0.2) is 30.3 Å². The molecule has 11 nitrogen and oxygen atoms in total. The van der Waals surface area contributed by atoms with Crippen LogP contribution in [-0.4, -0.2) is 64.5 Å². The molecule has 0 saturated carbocycles. The number of hydrogen-bond acceptors (Lipinski definition) is 6. The van der Waals surface area contributed by atoms with E-state index in [2.05, 4.69) is 16.0 Å². The van der Waals surface area contributed by atoms with Crippen LogP contribution in [0.25, 0.3) is 0 Å². The summed E-state index contributed by atoms with van der Waals surface area (Å²) in [5.74, 6) is -4.53. The summed E-state index contributed by atoms with van der Waals surface area (Å²) in [6.45, 7) is 3.32. The molecule has 0 unspecified atom stereocenters. The highest BCUT2D eigenvalue weighted by molar-refractivity contribution is 5.93. The van der Waals surface area contributed by atoms with Gasteiger partial charge >= 0.3 is 11.9 Å². The number of nitrogens with two attached hydrogens (primary N) is 1.